The summed E-state index contributed by atoms with van der Waals surface area (Å²) in [5.74, 6) is -3.04. The molecule has 2 aliphatic rings. The fourth-order valence-corrected chi connectivity index (χ4v) is 5.12. The Bertz CT molecular complexity index is 944. The van der Waals surface area contributed by atoms with Crippen molar-refractivity contribution in [2.75, 3.05) is 11.9 Å². The summed E-state index contributed by atoms with van der Waals surface area (Å²) in [6.07, 6.45) is 5.97. The van der Waals surface area contributed by atoms with Crippen molar-refractivity contribution in [1.29, 1.82) is 0 Å². The second kappa shape index (κ2) is 7.27. The van der Waals surface area contributed by atoms with E-state index in [4.69, 9.17) is 9.15 Å². The SMILES string of the molecule is CCOC(=O)c1c(-c2ccco2)csc1NC(=O)[C@@H]1[C@H](C(=O)O)[C@H]2C=C[C@H]1C2. The fourth-order valence-electron chi connectivity index (χ4n) is 4.18. The zero-order valence-corrected chi connectivity index (χ0v) is 15.9. The molecule has 28 heavy (non-hydrogen) atoms. The van der Waals surface area contributed by atoms with Gasteiger partial charge in [0.1, 0.15) is 16.3 Å². The molecular weight excluding hydrogens is 382 g/mol. The molecule has 8 heteroatoms. The average Bonchev–Trinajstić information content (AvgIpc) is 3.43. The molecule has 4 rings (SSSR count). The number of allylic oxidation sites excluding steroid dienone is 2. The highest BCUT2D eigenvalue weighted by Gasteiger charge is 2.51. The number of carboxylic acid groups (broad SMARTS) is 1. The van der Waals surface area contributed by atoms with Crippen LogP contribution in [0.4, 0.5) is 5.00 Å². The number of esters is 1. The van der Waals surface area contributed by atoms with E-state index in [0.29, 0.717) is 22.7 Å². The second-order valence-electron chi connectivity index (χ2n) is 6.88. The van der Waals surface area contributed by atoms with Crippen molar-refractivity contribution in [2.45, 2.75) is 13.3 Å². The van der Waals surface area contributed by atoms with Gasteiger partial charge in [0.05, 0.1) is 24.7 Å². The average molecular weight is 401 g/mol. The predicted molar refractivity (Wildman–Crippen MR) is 102 cm³/mol. The summed E-state index contributed by atoms with van der Waals surface area (Å²) in [6.45, 7) is 1.89. The molecule has 1 amide bonds. The van der Waals surface area contributed by atoms with Crippen LogP contribution in [0.5, 0.6) is 0 Å². The van der Waals surface area contributed by atoms with Crippen molar-refractivity contribution < 1.29 is 28.6 Å². The van der Waals surface area contributed by atoms with E-state index in [-0.39, 0.29) is 29.9 Å². The smallest absolute Gasteiger partial charge is 0.341 e. The maximum atomic E-state index is 13.0. The number of anilines is 1. The van der Waals surface area contributed by atoms with E-state index in [1.165, 1.54) is 17.6 Å². The summed E-state index contributed by atoms with van der Waals surface area (Å²) in [6, 6.07) is 3.43. The van der Waals surface area contributed by atoms with E-state index in [2.05, 4.69) is 5.32 Å². The van der Waals surface area contributed by atoms with Crippen molar-refractivity contribution in [1.82, 2.24) is 0 Å². The lowest BCUT2D eigenvalue weighted by atomic mass is 9.82. The molecule has 2 heterocycles. The standard InChI is InChI=1S/C20H19NO6S/c1-2-26-20(25)16-12(13-4-3-7-27-13)9-28-18(16)21-17(22)14-10-5-6-11(8-10)15(14)19(23)24/h3-7,9-11,14-15H,2,8H2,1H3,(H,21,22)(H,23,24)/t10-,11-,14-,15+/m0/s1. The van der Waals surface area contributed by atoms with Crippen LogP contribution in [-0.2, 0) is 14.3 Å². The number of ether oxygens (including phenoxy) is 1. The van der Waals surface area contributed by atoms with Crippen molar-refractivity contribution in [3.63, 3.8) is 0 Å². The van der Waals surface area contributed by atoms with Gasteiger partial charge in [0.25, 0.3) is 0 Å². The van der Waals surface area contributed by atoms with E-state index in [9.17, 15) is 19.5 Å². The molecule has 1 saturated carbocycles. The Hall–Kier alpha value is -2.87. The number of carbonyl (C=O) groups is 3. The molecule has 4 atom stereocenters. The number of hydrogen-bond acceptors (Lipinski definition) is 6. The van der Waals surface area contributed by atoms with Crippen LogP contribution < -0.4 is 5.32 Å². The van der Waals surface area contributed by atoms with Crippen LogP contribution in [0.1, 0.15) is 23.7 Å². The molecule has 2 N–H and O–H groups in total. The molecule has 7 nitrogen and oxygen atoms in total. The van der Waals surface area contributed by atoms with Crippen LogP contribution in [0.15, 0.2) is 40.3 Å². The van der Waals surface area contributed by atoms with Gasteiger partial charge in [-0.15, -0.1) is 11.3 Å². The number of carboxylic acids is 1. The Morgan fingerprint density at radius 2 is 2.04 bits per heavy atom. The van der Waals surface area contributed by atoms with Crippen molar-refractivity contribution >= 4 is 34.2 Å². The quantitative estimate of drug-likeness (QED) is 0.565. The van der Waals surface area contributed by atoms with E-state index < -0.39 is 23.8 Å². The first kappa shape index (κ1) is 18.5. The van der Waals surface area contributed by atoms with Gasteiger partial charge >= 0.3 is 11.9 Å². The van der Waals surface area contributed by atoms with Crippen molar-refractivity contribution in [3.8, 4) is 11.3 Å². The van der Waals surface area contributed by atoms with Crippen molar-refractivity contribution in [2.24, 2.45) is 23.7 Å². The highest BCUT2D eigenvalue weighted by atomic mass is 32.1. The number of amides is 1. The van der Waals surface area contributed by atoms with Gasteiger partial charge < -0.3 is 19.6 Å². The monoisotopic (exact) mass is 401 g/mol. The van der Waals surface area contributed by atoms with Crippen LogP contribution in [0, 0.1) is 23.7 Å². The highest BCUT2D eigenvalue weighted by molar-refractivity contribution is 7.15. The minimum atomic E-state index is -0.968. The summed E-state index contributed by atoms with van der Waals surface area (Å²) < 4.78 is 10.5. The first-order chi connectivity index (χ1) is 13.5. The number of hydrogen-bond donors (Lipinski definition) is 2. The molecule has 146 valence electrons. The third kappa shape index (κ3) is 3.03. The van der Waals surface area contributed by atoms with Gasteiger partial charge in [-0.2, -0.15) is 0 Å². The maximum absolute atomic E-state index is 13.0. The topological polar surface area (TPSA) is 106 Å². The van der Waals surface area contributed by atoms with Gasteiger partial charge in [-0.25, -0.2) is 4.79 Å². The molecule has 2 aromatic heterocycles. The van der Waals surface area contributed by atoms with Crippen LogP contribution in [0.2, 0.25) is 0 Å². The number of carbonyl (C=O) groups excluding carboxylic acids is 2. The lowest BCUT2D eigenvalue weighted by Crippen LogP contribution is -2.36. The molecule has 0 saturated heterocycles. The Morgan fingerprint density at radius 3 is 2.68 bits per heavy atom. The second-order valence-corrected chi connectivity index (χ2v) is 7.76. The minimum Gasteiger partial charge on any atom is -0.481 e. The molecular formula is C20H19NO6S. The van der Waals surface area contributed by atoms with E-state index >= 15 is 0 Å². The zero-order chi connectivity index (χ0) is 19.8. The molecule has 0 aliphatic heterocycles. The number of rotatable bonds is 6. The number of thiophene rings is 1. The largest absolute Gasteiger partial charge is 0.481 e. The molecule has 0 aromatic carbocycles. The number of fused-ring (bicyclic) bond motifs is 2. The van der Waals surface area contributed by atoms with Gasteiger partial charge in [-0.05, 0) is 37.3 Å². The van der Waals surface area contributed by atoms with Crippen LogP contribution >= 0.6 is 11.3 Å². The molecule has 0 radical (unpaired) electrons. The summed E-state index contributed by atoms with van der Waals surface area (Å²) in [5.41, 5.74) is 0.757. The van der Waals surface area contributed by atoms with Crippen LogP contribution in [0.25, 0.3) is 11.3 Å². The zero-order valence-electron chi connectivity index (χ0n) is 15.1. The Kier molecular flexibility index (Phi) is 4.80. The third-order valence-corrected chi connectivity index (χ3v) is 6.24. The lowest BCUT2D eigenvalue weighted by Gasteiger charge is -2.23. The van der Waals surface area contributed by atoms with Crippen LogP contribution in [0.3, 0.4) is 0 Å². The number of nitrogens with one attached hydrogen (secondary N) is 1. The first-order valence-electron chi connectivity index (χ1n) is 9.05. The van der Waals surface area contributed by atoms with Gasteiger partial charge in [0.2, 0.25) is 5.91 Å². The Morgan fingerprint density at radius 1 is 1.29 bits per heavy atom. The predicted octanol–water partition coefficient (Wildman–Crippen LogP) is 3.65. The first-order valence-corrected chi connectivity index (χ1v) is 9.93. The highest BCUT2D eigenvalue weighted by Crippen LogP contribution is 2.49. The number of furan rings is 1. The van der Waals surface area contributed by atoms with Gasteiger partial charge in [0.15, 0.2) is 0 Å². The molecule has 0 spiro atoms. The summed E-state index contributed by atoms with van der Waals surface area (Å²) in [5, 5.41) is 14.4. The van der Waals surface area contributed by atoms with Gasteiger partial charge in [-0.1, -0.05) is 12.2 Å². The Balaban J connectivity index is 1.64. The van der Waals surface area contributed by atoms with E-state index in [0.717, 1.165) is 0 Å². The maximum Gasteiger partial charge on any atom is 0.341 e. The van der Waals surface area contributed by atoms with Crippen LogP contribution in [-0.4, -0.2) is 29.6 Å². The molecule has 2 aliphatic carbocycles. The van der Waals surface area contributed by atoms with Crippen molar-refractivity contribution in [3.05, 3.63) is 41.5 Å². The summed E-state index contributed by atoms with van der Waals surface area (Å²) >= 11 is 1.19. The van der Waals surface area contributed by atoms with E-state index in [1.807, 2.05) is 12.2 Å². The fraction of sp³-hybridized carbons (Fsp3) is 0.350. The summed E-state index contributed by atoms with van der Waals surface area (Å²) in [7, 11) is 0. The normalized spacial score (nSPS) is 25.0. The van der Waals surface area contributed by atoms with E-state index in [1.54, 1.807) is 24.4 Å². The summed E-state index contributed by atoms with van der Waals surface area (Å²) in [4.78, 5) is 37.2. The van der Waals surface area contributed by atoms with Gasteiger partial charge in [-0.3, -0.25) is 9.59 Å². The minimum absolute atomic E-state index is 0.0957. The molecule has 2 aromatic rings. The molecule has 1 fully saturated rings. The number of aliphatic carboxylic acids is 1. The third-order valence-electron chi connectivity index (χ3n) is 5.34. The van der Waals surface area contributed by atoms with Gasteiger partial charge in [0, 0.05) is 10.9 Å². The lowest BCUT2D eigenvalue weighted by molar-refractivity contribution is -0.146. The Labute approximate surface area is 165 Å². The molecule has 2 bridgehead atoms. The molecule has 0 unspecified atom stereocenters.